The molecule has 0 bridgehead atoms. The van der Waals surface area contributed by atoms with Crippen molar-refractivity contribution in [2.75, 3.05) is 13.1 Å². The molecule has 3 aromatic carbocycles. The van der Waals surface area contributed by atoms with Crippen molar-refractivity contribution in [2.45, 2.75) is 62.2 Å². The molecule has 0 aromatic heterocycles. The topological polar surface area (TPSA) is 40.5 Å². The maximum atomic E-state index is 13.6. The van der Waals surface area contributed by atoms with Gasteiger partial charge in [0.05, 0.1) is 17.0 Å². The van der Waals surface area contributed by atoms with E-state index in [0.717, 1.165) is 48.6 Å². The van der Waals surface area contributed by atoms with E-state index >= 15 is 0 Å². The lowest BCUT2D eigenvalue weighted by molar-refractivity contribution is -0.140. The number of nitrogens with zero attached hydrogens (tertiary/aromatic N) is 1. The van der Waals surface area contributed by atoms with Crippen molar-refractivity contribution in [3.05, 3.63) is 89.0 Å². The van der Waals surface area contributed by atoms with Gasteiger partial charge in [0.2, 0.25) is 0 Å². The van der Waals surface area contributed by atoms with Gasteiger partial charge in [0.25, 0.3) is 0 Å². The van der Waals surface area contributed by atoms with E-state index in [2.05, 4.69) is 0 Å². The maximum absolute atomic E-state index is 13.6. The molecule has 1 saturated heterocycles. The molecular weight excluding hydrogens is 564 g/mol. The molecule has 1 aliphatic heterocycles. The zero-order chi connectivity index (χ0) is 29.9. The summed E-state index contributed by atoms with van der Waals surface area (Å²) in [6.07, 6.45) is -7.11. The van der Waals surface area contributed by atoms with Gasteiger partial charge in [-0.25, -0.2) is 4.31 Å². The average Bonchev–Trinajstić information content (AvgIpc) is 2.91. The first-order chi connectivity index (χ1) is 19.2. The molecule has 0 aliphatic carbocycles. The lowest BCUT2D eigenvalue weighted by Gasteiger charge is -2.33. The summed E-state index contributed by atoms with van der Waals surface area (Å²) >= 11 is 1.06. The average molecular weight is 596 g/mol. The Kier molecular flexibility index (Phi) is 9.43. The number of benzene rings is 3. The number of hydrogen-bond donors (Lipinski definition) is 1. The lowest BCUT2D eigenvalue weighted by Crippen LogP contribution is -2.29. The van der Waals surface area contributed by atoms with Crippen LogP contribution in [0.4, 0.5) is 26.3 Å². The van der Waals surface area contributed by atoms with Crippen LogP contribution in [0.15, 0.2) is 71.6 Å². The van der Waals surface area contributed by atoms with Crippen LogP contribution in [0.5, 0.6) is 0 Å². The first-order valence-electron chi connectivity index (χ1n) is 13.4. The molecule has 0 amide bonds. The van der Waals surface area contributed by atoms with Crippen LogP contribution in [0.2, 0.25) is 0 Å². The number of hydrogen-bond acceptors (Lipinski definition) is 3. The quantitative estimate of drug-likeness (QED) is 0.208. The first-order valence-corrected chi connectivity index (χ1v) is 14.1. The van der Waals surface area contributed by atoms with E-state index in [1.807, 2.05) is 30.3 Å². The van der Waals surface area contributed by atoms with E-state index in [0.29, 0.717) is 36.2 Å². The van der Waals surface area contributed by atoms with Crippen LogP contribution in [0.3, 0.4) is 0 Å². The van der Waals surface area contributed by atoms with Crippen LogP contribution in [-0.4, -0.2) is 28.5 Å². The Labute approximate surface area is 239 Å². The summed E-state index contributed by atoms with van der Waals surface area (Å²) in [6.45, 7) is 4.87. The third kappa shape index (κ3) is 7.86. The summed E-state index contributed by atoms with van der Waals surface area (Å²) in [5, 5.41) is 10.0. The SMILES string of the molecule is CC(C)CC(C(=O)O)c1cc(-c2ccc(C(F)(F)F)cc2)cc(C2CCCN(Sc3ccccc3C(F)(F)F)C2)c1. The predicted octanol–water partition coefficient (Wildman–Crippen LogP) is 9.49. The highest BCUT2D eigenvalue weighted by atomic mass is 32.2. The van der Waals surface area contributed by atoms with E-state index in [4.69, 9.17) is 0 Å². The number of carbonyl (C=O) groups is 1. The van der Waals surface area contributed by atoms with E-state index in [-0.39, 0.29) is 16.7 Å². The van der Waals surface area contributed by atoms with Crippen LogP contribution in [0.25, 0.3) is 11.1 Å². The Morgan fingerprint density at radius 1 is 0.951 bits per heavy atom. The van der Waals surface area contributed by atoms with Crippen molar-refractivity contribution >= 4 is 17.9 Å². The number of carboxylic acids is 1. The molecule has 1 heterocycles. The van der Waals surface area contributed by atoms with Gasteiger partial charge in [-0.3, -0.25) is 4.79 Å². The predicted molar refractivity (Wildman–Crippen MR) is 148 cm³/mol. The fourth-order valence-electron chi connectivity index (χ4n) is 5.20. The molecule has 0 spiro atoms. The summed E-state index contributed by atoms with van der Waals surface area (Å²) in [7, 11) is 0. The molecule has 3 nitrogen and oxygen atoms in total. The van der Waals surface area contributed by atoms with Gasteiger partial charge in [0, 0.05) is 18.0 Å². The van der Waals surface area contributed by atoms with Crippen molar-refractivity contribution in [1.82, 2.24) is 4.31 Å². The van der Waals surface area contributed by atoms with Crippen LogP contribution in [-0.2, 0) is 17.1 Å². The van der Waals surface area contributed by atoms with Gasteiger partial charge < -0.3 is 5.11 Å². The Balaban J connectivity index is 1.69. The van der Waals surface area contributed by atoms with Crippen LogP contribution in [0.1, 0.15) is 67.2 Å². The molecule has 3 aromatic rings. The normalized spacial score (nSPS) is 17.5. The molecule has 4 rings (SSSR count). The second-order valence-electron chi connectivity index (χ2n) is 10.8. The fourth-order valence-corrected chi connectivity index (χ4v) is 6.37. The van der Waals surface area contributed by atoms with Crippen LogP contribution < -0.4 is 0 Å². The molecule has 1 aliphatic rings. The number of rotatable bonds is 8. The Hall–Kier alpha value is -2.98. The molecule has 0 saturated carbocycles. The van der Waals surface area contributed by atoms with Gasteiger partial charge in [-0.1, -0.05) is 56.3 Å². The number of halogens is 6. The smallest absolute Gasteiger partial charge is 0.417 e. The van der Waals surface area contributed by atoms with Crippen LogP contribution >= 0.6 is 11.9 Å². The van der Waals surface area contributed by atoms with E-state index in [9.17, 15) is 36.2 Å². The molecule has 0 radical (unpaired) electrons. The second-order valence-corrected chi connectivity index (χ2v) is 11.9. The monoisotopic (exact) mass is 595 g/mol. The van der Waals surface area contributed by atoms with E-state index in [1.54, 1.807) is 12.1 Å². The van der Waals surface area contributed by atoms with Gasteiger partial charge in [0.15, 0.2) is 0 Å². The van der Waals surface area contributed by atoms with E-state index < -0.39 is 35.4 Å². The molecule has 2 unspecified atom stereocenters. The highest BCUT2D eigenvalue weighted by molar-refractivity contribution is 7.97. The Morgan fingerprint density at radius 3 is 2.24 bits per heavy atom. The number of piperidine rings is 1. The van der Waals surface area contributed by atoms with Gasteiger partial charge in [-0.2, -0.15) is 26.3 Å². The zero-order valence-electron chi connectivity index (χ0n) is 22.6. The zero-order valence-corrected chi connectivity index (χ0v) is 23.4. The van der Waals surface area contributed by atoms with Crippen LogP contribution in [0, 0.1) is 5.92 Å². The molecule has 10 heteroatoms. The van der Waals surface area contributed by atoms with Gasteiger partial charge in [-0.15, -0.1) is 0 Å². The summed E-state index contributed by atoms with van der Waals surface area (Å²) < 4.78 is 82.1. The lowest BCUT2D eigenvalue weighted by atomic mass is 9.83. The second kappa shape index (κ2) is 12.5. The van der Waals surface area contributed by atoms with Crippen molar-refractivity contribution in [3.63, 3.8) is 0 Å². The molecule has 220 valence electrons. The largest absolute Gasteiger partial charge is 0.481 e. The maximum Gasteiger partial charge on any atom is 0.417 e. The minimum atomic E-state index is -4.48. The summed E-state index contributed by atoms with van der Waals surface area (Å²) in [5.74, 6) is -1.81. The number of aliphatic carboxylic acids is 1. The third-order valence-corrected chi connectivity index (χ3v) is 8.35. The highest BCUT2D eigenvalue weighted by Gasteiger charge is 2.35. The minimum absolute atomic E-state index is 0.0875. The first kappa shape index (κ1) is 31.0. The summed E-state index contributed by atoms with van der Waals surface area (Å²) in [6, 6.07) is 15.6. The molecule has 2 atom stereocenters. The number of alkyl halides is 6. The molecule has 1 N–H and O–H groups in total. The Bertz CT molecular complexity index is 1350. The van der Waals surface area contributed by atoms with Crippen molar-refractivity contribution < 1.29 is 36.2 Å². The molecule has 1 fully saturated rings. The van der Waals surface area contributed by atoms with Gasteiger partial charge in [0.1, 0.15) is 0 Å². The van der Waals surface area contributed by atoms with Gasteiger partial charge >= 0.3 is 18.3 Å². The van der Waals surface area contributed by atoms with Crippen molar-refractivity contribution in [2.24, 2.45) is 5.92 Å². The Morgan fingerprint density at radius 2 is 1.63 bits per heavy atom. The summed E-state index contributed by atoms with van der Waals surface area (Å²) in [5.41, 5.74) is 1.04. The fraction of sp³-hybridized carbons (Fsp3) is 0.387. The minimum Gasteiger partial charge on any atom is -0.481 e. The standard InChI is InChI=1S/C31H31F6NO2S/c1-19(2)14-26(29(39)40)24-16-22(20-9-11-25(12-10-20)30(32,33)34)15-23(17-24)21-6-5-13-38(18-21)41-28-8-4-3-7-27(28)31(35,36)37/h3-4,7-12,15-17,19,21,26H,5-6,13-14,18H2,1-2H3,(H,39,40). The third-order valence-electron chi connectivity index (χ3n) is 7.21. The van der Waals surface area contributed by atoms with Gasteiger partial charge in [-0.05, 0) is 89.6 Å². The highest BCUT2D eigenvalue weighted by Crippen LogP contribution is 2.41. The van der Waals surface area contributed by atoms with Crippen molar-refractivity contribution in [1.29, 1.82) is 0 Å². The van der Waals surface area contributed by atoms with E-state index in [1.165, 1.54) is 24.3 Å². The molecular formula is C31H31F6NO2S. The van der Waals surface area contributed by atoms with Crippen molar-refractivity contribution in [3.8, 4) is 11.1 Å². The number of carboxylic acid groups (broad SMARTS) is 1. The summed E-state index contributed by atoms with van der Waals surface area (Å²) in [4.78, 5) is 12.4. The molecule has 41 heavy (non-hydrogen) atoms.